The average molecular weight is 289 g/mol. The molecule has 0 unspecified atom stereocenters. The van der Waals surface area contributed by atoms with E-state index in [2.05, 4.69) is 4.99 Å². The van der Waals surface area contributed by atoms with E-state index in [0.29, 0.717) is 19.4 Å². The molecular weight excluding hydrogens is 271 g/mol. The van der Waals surface area contributed by atoms with Crippen LogP contribution in [-0.4, -0.2) is 31.6 Å². The third kappa shape index (κ3) is 5.21. The lowest BCUT2D eigenvalue weighted by Crippen LogP contribution is -2.10. The Balaban J connectivity index is 2.74. The molecule has 0 amide bonds. The standard InChI is InChI=1S/C14H18F3NO2/c1-18-10-11-5-6-12(9-13(11)14(15,16)17)20-8-4-2-3-7-19/h5-6,9-10,19H,2-4,7-8H2,1H3. The molecule has 0 heterocycles. The van der Waals surface area contributed by atoms with Gasteiger partial charge in [-0.3, -0.25) is 4.99 Å². The van der Waals surface area contributed by atoms with Gasteiger partial charge < -0.3 is 9.84 Å². The molecule has 1 aromatic rings. The summed E-state index contributed by atoms with van der Waals surface area (Å²) in [6, 6.07) is 3.83. The first-order valence-corrected chi connectivity index (χ1v) is 6.36. The van der Waals surface area contributed by atoms with Crippen molar-refractivity contribution in [3.05, 3.63) is 29.3 Å². The number of halogens is 3. The molecule has 0 aliphatic rings. The summed E-state index contributed by atoms with van der Waals surface area (Å²) >= 11 is 0. The summed E-state index contributed by atoms with van der Waals surface area (Å²) in [4.78, 5) is 3.62. The van der Waals surface area contributed by atoms with Crippen molar-refractivity contribution in [1.29, 1.82) is 0 Å². The van der Waals surface area contributed by atoms with Crippen molar-refractivity contribution in [2.45, 2.75) is 25.4 Å². The molecule has 112 valence electrons. The fraction of sp³-hybridized carbons (Fsp3) is 0.500. The molecule has 0 saturated heterocycles. The Hall–Kier alpha value is -1.56. The van der Waals surface area contributed by atoms with Crippen molar-refractivity contribution in [3.8, 4) is 5.75 Å². The van der Waals surface area contributed by atoms with Gasteiger partial charge in [-0.05, 0) is 37.5 Å². The normalized spacial score (nSPS) is 12.1. The number of benzene rings is 1. The first-order valence-electron chi connectivity index (χ1n) is 6.36. The number of alkyl halides is 3. The highest BCUT2D eigenvalue weighted by Crippen LogP contribution is 2.33. The monoisotopic (exact) mass is 289 g/mol. The number of aliphatic hydroxyl groups is 1. The third-order valence-electron chi connectivity index (χ3n) is 2.67. The van der Waals surface area contributed by atoms with E-state index in [1.54, 1.807) is 0 Å². The van der Waals surface area contributed by atoms with Crippen LogP contribution >= 0.6 is 0 Å². The summed E-state index contributed by atoms with van der Waals surface area (Å²) in [6.07, 6.45) is -1.12. The molecular formula is C14H18F3NO2. The number of rotatable bonds is 7. The molecule has 20 heavy (non-hydrogen) atoms. The molecule has 0 bridgehead atoms. The van der Waals surface area contributed by atoms with E-state index < -0.39 is 11.7 Å². The molecule has 0 saturated carbocycles. The van der Waals surface area contributed by atoms with Crippen molar-refractivity contribution >= 4 is 6.21 Å². The quantitative estimate of drug-likeness (QED) is 0.618. The molecule has 0 fully saturated rings. The van der Waals surface area contributed by atoms with Crippen molar-refractivity contribution in [2.24, 2.45) is 4.99 Å². The van der Waals surface area contributed by atoms with Crippen LogP contribution in [0, 0.1) is 0 Å². The van der Waals surface area contributed by atoms with Gasteiger partial charge in [-0.25, -0.2) is 0 Å². The molecule has 1 aromatic carbocycles. The first kappa shape index (κ1) is 16.5. The van der Waals surface area contributed by atoms with Gasteiger partial charge >= 0.3 is 6.18 Å². The third-order valence-corrected chi connectivity index (χ3v) is 2.67. The van der Waals surface area contributed by atoms with Crippen LogP contribution in [0.5, 0.6) is 5.75 Å². The highest BCUT2D eigenvalue weighted by atomic mass is 19.4. The van der Waals surface area contributed by atoms with Crippen molar-refractivity contribution in [1.82, 2.24) is 0 Å². The van der Waals surface area contributed by atoms with Gasteiger partial charge in [-0.1, -0.05) is 0 Å². The molecule has 0 radical (unpaired) electrons. The number of ether oxygens (including phenoxy) is 1. The number of nitrogens with zero attached hydrogens (tertiary/aromatic N) is 1. The zero-order valence-electron chi connectivity index (χ0n) is 11.3. The largest absolute Gasteiger partial charge is 0.494 e. The highest BCUT2D eigenvalue weighted by molar-refractivity contribution is 5.82. The van der Waals surface area contributed by atoms with E-state index >= 15 is 0 Å². The fourth-order valence-electron chi connectivity index (χ4n) is 1.70. The van der Waals surface area contributed by atoms with Crippen molar-refractivity contribution in [3.63, 3.8) is 0 Å². The van der Waals surface area contributed by atoms with Crippen molar-refractivity contribution in [2.75, 3.05) is 20.3 Å². The fourth-order valence-corrected chi connectivity index (χ4v) is 1.70. The summed E-state index contributed by atoms with van der Waals surface area (Å²) in [6.45, 7) is 0.446. The van der Waals surface area contributed by atoms with Crippen LogP contribution < -0.4 is 4.74 Å². The zero-order valence-corrected chi connectivity index (χ0v) is 11.3. The maximum Gasteiger partial charge on any atom is 0.417 e. The lowest BCUT2D eigenvalue weighted by Gasteiger charge is -2.13. The van der Waals surface area contributed by atoms with Crippen LogP contribution in [0.25, 0.3) is 0 Å². The lowest BCUT2D eigenvalue weighted by atomic mass is 10.1. The van der Waals surface area contributed by atoms with Gasteiger partial charge in [0.25, 0.3) is 0 Å². The van der Waals surface area contributed by atoms with E-state index in [1.165, 1.54) is 25.4 Å². The Labute approximate surface area is 116 Å². The van der Waals surface area contributed by atoms with Gasteiger partial charge in [0, 0.05) is 25.4 Å². The van der Waals surface area contributed by atoms with Gasteiger partial charge in [0.15, 0.2) is 0 Å². The molecule has 1 N–H and O–H groups in total. The maximum atomic E-state index is 12.9. The molecule has 3 nitrogen and oxygen atoms in total. The number of hydrogen-bond donors (Lipinski definition) is 1. The Morgan fingerprint density at radius 3 is 2.60 bits per heavy atom. The Morgan fingerprint density at radius 2 is 2.00 bits per heavy atom. The minimum Gasteiger partial charge on any atom is -0.494 e. The maximum absolute atomic E-state index is 12.9. The van der Waals surface area contributed by atoms with E-state index in [-0.39, 0.29) is 17.9 Å². The summed E-state index contributed by atoms with van der Waals surface area (Å²) in [5.41, 5.74) is -0.733. The number of hydrogen-bond acceptors (Lipinski definition) is 3. The number of unbranched alkanes of at least 4 members (excludes halogenated alkanes) is 2. The van der Waals surface area contributed by atoms with Crippen LogP contribution in [0.3, 0.4) is 0 Å². The SMILES string of the molecule is CN=Cc1ccc(OCCCCCO)cc1C(F)(F)F. The van der Waals surface area contributed by atoms with Crippen molar-refractivity contribution < 1.29 is 23.0 Å². The zero-order chi connectivity index (χ0) is 15.0. The van der Waals surface area contributed by atoms with E-state index in [0.717, 1.165) is 12.5 Å². The number of aliphatic hydroxyl groups excluding tert-OH is 1. The Bertz CT molecular complexity index is 445. The van der Waals surface area contributed by atoms with Crippen LogP contribution in [0.4, 0.5) is 13.2 Å². The Kier molecular flexibility index (Phi) is 6.51. The minimum absolute atomic E-state index is 0.0210. The molecule has 1 rings (SSSR count). The molecule has 0 atom stereocenters. The van der Waals surface area contributed by atoms with Crippen LogP contribution in [0.1, 0.15) is 30.4 Å². The molecule has 0 aliphatic carbocycles. The van der Waals surface area contributed by atoms with Gasteiger partial charge in [0.1, 0.15) is 5.75 Å². The topological polar surface area (TPSA) is 41.8 Å². The van der Waals surface area contributed by atoms with E-state index in [1.807, 2.05) is 0 Å². The van der Waals surface area contributed by atoms with Crippen LogP contribution in [0.2, 0.25) is 0 Å². The van der Waals surface area contributed by atoms with E-state index in [9.17, 15) is 13.2 Å². The van der Waals surface area contributed by atoms with E-state index in [4.69, 9.17) is 9.84 Å². The summed E-state index contributed by atoms with van der Waals surface area (Å²) < 4.78 is 44.0. The van der Waals surface area contributed by atoms with Gasteiger partial charge in [-0.15, -0.1) is 0 Å². The van der Waals surface area contributed by atoms with Gasteiger partial charge in [0.2, 0.25) is 0 Å². The summed E-state index contributed by atoms with van der Waals surface area (Å²) in [5.74, 6) is 0.189. The van der Waals surface area contributed by atoms with Gasteiger partial charge in [-0.2, -0.15) is 13.2 Å². The second-order valence-electron chi connectivity index (χ2n) is 4.27. The van der Waals surface area contributed by atoms with Crippen LogP contribution in [0.15, 0.2) is 23.2 Å². The molecule has 6 heteroatoms. The first-order chi connectivity index (χ1) is 9.49. The predicted molar refractivity (Wildman–Crippen MR) is 71.4 cm³/mol. The average Bonchev–Trinajstić information content (AvgIpc) is 2.39. The second-order valence-corrected chi connectivity index (χ2v) is 4.27. The predicted octanol–water partition coefficient (Wildman–Crippen LogP) is 3.30. The smallest absolute Gasteiger partial charge is 0.417 e. The van der Waals surface area contributed by atoms with Gasteiger partial charge in [0.05, 0.1) is 12.2 Å². The lowest BCUT2D eigenvalue weighted by molar-refractivity contribution is -0.137. The summed E-state index contributed by atoms with van der Waals surface area (Å²) in [5, 5.41) is 8.61. The van der Waals surface area contributed by atoms with Crippen LogP contribution in [-0.2, 0) is 6.18 Å². The Morgan fingerprint density at radius 1 is 1.25 bits per heavy atom. The highest BCUT2D eigenvalue weighted by Gasteiger charge is 2.33. The molecule has 0 spiro atoms. The molecule has 0 aliphatic heterocycles. The molecule has 0 aromatic heterocycles. The minimum atomic E-state index is -4.44. The second kappa shape index (κ2) is 7.89. The number of aliphatic imine (C=N–C) groups is 1. The summed E-state index contributed by atoms with van der Waals surface area (Å²) in [7, 11) is 1.42.